The first-order valence-corrected chi connectivity index (χ1v) is 57.7. The molecule has 6 aromatic carbocycles. The summed E-state index contributed by atoms with van der Waals surface area (Å²) in [6.45, 7) is 20.5. The zero-order chi connectivity index (χ0) is 98.9. The van der Waals surface area contributed by atoms with Crippen LogP contribution < -0.4 is 85.1 Å². The second-order valence-electron chi connectivity index (χ2n) is 39.4. The van der Waals surface area contributed by atoms with Gasteiger partial charge < -0.3 is 94.9 Å². The average Bonchev–Trinajstić information content (AvgIpc) is 1.74. The van der Waals surface area contributed by atoms with Crippen LogP contribution in [0.15, 0.2) is 244 Å². The van der Waals surface area contributed by atoms with E-state index in [1.54, 1.807) is 68.0 Å². The second-order valence-corrected chi connectivity index (χ2v) is 45.1. The van der Waals surface area contributed by atoms with E-state index in [1.165, 1.54) is 216 Å². The van der Waals surface area contributed by atoms with Crippen LogP contribution in [0.4, 0.5) is 68.2 Å². The number of likely N-dealkylation sites (tertiary alicyclic amines) is 2. The summed E-state index contributed by atoms with van der Waals surface area (Å²) in [6, 6.07) is 66.8. The van der Waals surface area contributed by atoms with Crippen LogP contribution >= 0.6 is 68.0 Å². The van der Waals surface area contributed by atoms with Crippen molar-refractivity contribution in [2.75, 3.05) is 168 Å². The molecule has 12 aromatic rings. The maximum Gasteiger partial charge on any atom is 0.141 e. The number of piperidine rings is 1. The highest BCUT2D eigenvalue weighted by atomic mass is 32.1. The Labute approximate surface area is 876 Å². The molecule has 0 saturated carbocycles. The molecule has 0 aliphatic carbocycles. The Kier molecular flexibility index (Phi) is 36.7. The van der Waals surface area contributed by atoms with Crippen LogP contribution in [0.5, 0.6) is 0 Å². The normalized spacial score (nSPS) is 20.2. The second kappa shape index (κ2) is 51.3. The Morgan fingerprint density at radius 2 is 0.660 bits per heavy atom. The van der Waals surface area contributed by atoms with Gasteiger partial charge >= 0.3 is 0 Å². The summed E-state index contributed by atoms with van der Waals surface area (Å²) in [5, 5.41) is 25.8. The Morgan fingerprint density at radius 1 is 0.312 bits per heavy atom. The molecule has 758 valence electrons. The standard InChI is InChI=1S/C22H30N4S.C20H26N4S.2C19H24N4S.C17H20N4S.C17H22N4S/c1-25-12-4-7-19(25)11-14-26-13-3-2-6-17-16-18(9-10-20(17)26)24-22(23)21-8-5-15-27-21;1-23-11-9-17(14-23)24-10-3-2-5-15-13-16(7-8-18(15)24)22-20(21)19-6-4-12-25-19;20-19(18-4-2-12-24-18)22-15-5-6-17-14(13-15)3-1-11-23(17)16-7-9-21-10-8-16;20-19(18-5-3-11-24-18)22-15-6-7-17-14(12-15)4-1-2-10-23(17)16-8-9-21-13-16;18-17(16-2-1-9-22-16)20-13-3-4-15-12(10-13)6-8-21(15)14-5-7-19-11-14;1-19-8-10-21-9-2-4-13-6-7-14(12-15(13)21)20-17(18)16-5-3-11-22-16/h5,8-10,15-16,19H,2-4,6-7,11-14H2,1H3,(H2,23,24);4,6-8,12-13,17H,2-3,5,9-11,14H2,1H3,(H2,21,22);2,4-6,12-13,16,21H,1,3,7-11H2,(H2,20,22);3,5-7,11-12,16,21H,1-2,4,8-10,13H2,(H2,20,22);1-4,9-10,14,19H,5-8,11H2,(H2,18,20);3,5-7,11-12,19H,2,4,8-10H2,1H3,(H2,18,20). The van der Waals surface area contributed by atoms with Crippen LogP contribution in [0.25, 0.3) is 0 Å². The van der Waals surface area contributed by atoms with E-state index in [0.29, 0.717) is 59.2 Å². The number of benzene rings is 6. The fourth-order valence-corrected chi connectivity index (χ4v) is 25.9. The van der Waals surface area contributed by atoms with Crippen molar-refractivity contribution in [3.05, 3.63) is 277 Å². The Hall–Kier alpha value is -11.1. The predicted molar refractivity (Wildman–Crippen MR) is 618 cm³/mol. The molecule has 144 heavy (non-hydrogen) atoms. The van der Waals surface area contributed by atoms with E-state index < -0.39 is 0 Å². The number of amidine groups is 6. The van der Waals surface area contributed by atoms with Gasteiger partial charge in [-0.3, -0.25) is 0 Å². The van der Waals surface area contributed by atoms with Crippen molar-refractivity contribution < 1.29 is 0 Å². The summed E-state index contributed by atoms with van der Waals surface area (Å²) in [5.41, 5.74) is 59.4. The van der Waals surface area contributed by atoms with Crippen molar-refractivity contribution >= 4 is 171 Å². The van der Waals surface area contributed by atoms with Gasteiger partial charge in [0.05, 0.1) is 63.4 Å². The van der Waals surface area contributed by atoms with E-state index in [9.17, 15) is 0 Å². The first-order valence-electron chi connectivity index (χ1n) is 52.4. The van der Waals surface area contributed by atoms with Crippen molar-refractivity contribution in [3.63, 3.8) is 0 Å². The number of anilines is 6. The molecule has 6 aromatic heterocycles. The summed E-state index contributed by atoms with van der Waals surface area (Å²) < 4.78 is 0. The van der Waals surface area contributed by atoms with Crippen molar-refractivity contribution in [1.29, 1.82) is 0 Å². The van der Waals surface area contributed by atoms with Gasteiger partial charge in [0, 0.05) is 143 Å². The molecule has 24 nitrogen and oxygen atoms in total. The summed E-state index contributed by atoms with van der Waals surface area (Å²) in [7, 11) is 6.49. The quantitative estimate of drug-likeness (QED) is 0.0223. The fraction of sp³-hybridized carbons (Fsp3) is 0.421. The lowest BCUT2D eigenvalue weighted by Gasteiger charge is -2.40. The number of nitrogens with one attached hydrogen (secondary N) is 4. The van der Waals surface area contributed by atoms with Gasteiger partial charge in [-0.05, 0) is 407 Å². The maximum atomic E-state index is 6.18. The minimum Gasteiger partial charge on any atom is -0.383 e. The largest absolute Gasteiger partial charge is 0.383 e. The summed E-state index contributed by atoms with van der Waals surface area (Å²) in [5.74, 6) is 3.63. The number of thiophene rings is 6. The Bertz CT molecular complexity index is 6250. The first-order chi connectivity index (χ1) is 70.6. The van der Waals surface area contributed by atoms with E-state index in [1.807, 2.05) is 112 Å². The number of nitrogens with zero attached hydrogens (tertiary/aromatic N) is 14. The fourth-order valence-electron chi connectivity index (χ4n) is 22.1. The molecular formula is C114H146N24S6. The molecule has 4 atom stereocenters. The van der Waals surface area contributed by atoms with Gasteiger partial charge in [-0.2, -0.15) is 0 Å². The third kappa shape index (κ3) is 27.2. The van der Waals surface area contributed by atoms with Crippen LogP contribution in [0, 0.1) is 0 Å². The Balaban J connectivity index is 0.000000114. The average molecular weight is 2040 g/mol. The van der Waals surface area contributed by atoms with Crippen LogP contribution in [0.1, 0.15) is 165 Å². The summed E-state index contributed by atoms with van der Waals surface area (Å²) in [4.78, 5) is 54.3. The van der Waals surface area contributed by atoms with Crippen molar-refractivity contribution in [2.24, 2.45) is 64.4 Å². The SMILES string of the molecule is CN1CCC(N2CCCCc3cc(N=C(N)c4cccs4)ccc32)C1.CN1CCCC1CCN1CCCCc2cc(N=C(N)c3cccs3)ccc21.CNCCN1CCCc2ccc(N=C(N)c3cccs3)cc21.NC(=Nc1ccc2c(c1)CCCCN2C1CCNC1)c1cccs1.NC(=Nc1ccc2c(c1)CCCN2C1CCNCC1)c1cccs1.NC(=Nc1ccc2c(c1)CCN2C1CCNC1)c1cccs1. The lowest BCUT2D eigenvalue weighted by atomic mass is 9.96. The van der Waals surface area contributed by atoms with Gasteiger partial charge in [-0.15, -0.1) is 68.0 Å². The van der Waals surface area contributed by atoms with Crippen molar-refractivity contribution in [2.45, 2.75) is 171 Å². The number of aryl methyl sites for hydroxylation is 5. The number of fused-ring (bicyclic) bond motifs is 6. The molecular weight excluding hydrogens is 1900 g/mol. The van der Waals surface area contributed by atoms with Crippen molar-refractivity contribution in [3.8, 4) is 0 Å². The first kappa shape index (κ1) is 103. The lowest BCUT2D eigenvalue weighted by molar-refractivity contribution is 0.297. The highest BCUT2D eigenvalue weighted by Crippen LogP contribution is 2.41. The molecule has 4 unspecified atom stereocenters. The molecule has 0 amide bonds. The lowest BCUT2D eigenvalue weighted by Crippen LogP contribution is -2.45. The molecule has 0 bridgehead atoms. The predicted octanol–water partition coefficient (Wildman–Crippen LogP) is 19.9. The molecule has 11 aliphatic heterocycles. The molecule has 17 heterocycles. The Morgan fingerprint density at radius 3 is 1.06 bits per heavy atom. The highest BCUT2D eigenvalue weighted by molar-refractivity contribution is 7.13. The minimum atomic E-state index is 0.590. The number of likely N-dealkylation sites (N-methyl/N-ethyl adjacent to an activating group) is 2. The van der Waals surface area contributed by atoms with Crippen LogP contribution in [-0.2, 0) is 38.5 Å². The van der Waals surface area contributed by atoms with E-state index in [2.05, 4.69) is 214 Å². The number of hydrogen-bond acceptors (Lipinski definition) is 24. The smallest absolute Gasteiger partial charge is 0.141 e. The van der Waals surface area contributed by atoms with Crippen LogP contribution in [0.3, 0.4) is 0 Å². The number of aliphatic imine (C=N–C) groups is 6. The zero-order valence-corrected chi connectivity index (χ0v) is 89.0. The van der Waals surface area contributed by atoms with Gasteiger partial charge in [0.15, 0.2) is 0 Å². The van der Waals surface area contributed by atoms with E-state index in [4.69, 9.17) is 34.4 Å². The molecule has 5 fully saturated rings. The van der Waals surface area contributed by atoms with Gasteiger partial charge in [0.2, 0.25) is 0 Å². The molecule has 0 spiro atoms. The molecule has 11 aliphatic rings. The molecule has 16 N–H and O–H groups in total. The van der Waals surface area contributed by atoms with E-state index in [0.717, 1.165) is 180 Å². The zero-order valence-electron chi connectivity index (χ0n) is 84.1. The van der Waals surface area contributed by atoms with Gasteiger partial charge in [-0.25, -0.2) is 30.0 Å². The topological polar surface area (TPSA) is 304 Å². The third-order valence-corrected chi connectivity index (χ3v) is 35.0. The summed E-state index contributed by atoms with van der Waals surface area (Å²) in [6.07, 6.45) is 27.0. The highest BCUT2D eigenvalue weighted by Gasteiger charge is 2.34. The minimum absolute atomic E-state index is 0.590. The van der Waals surface area contributed by atoms with Gasteiger partial charge in [0.1, 0.15) is 35.0 Å². The van der Waals surface area contributed by atoms with Gasteiger partial charge in [-0.1, -0.05) is 42.5 Å². The monoisotopic (exact) mass is 2040 g/mol. The molecule has 23 rings (SSSR count). The summed E-state index contributed by atoms with van der Waals surface area (Å²) >= 11 is 9.76. The maximum absolute atomic E-state index is 6.18. The third-order valence-electron chi connectivity index (χ3n) is 29.6. The van der Waals surface area contributed by atoms with Crippen LogP contribution in [-0.4, -0.2) is 214 Å². The molecule has 30 heteroatoms. The molecule has 5 saturated heterocycles. The van der Waals surface area contributed by atoms with E-state index >= 15 is 0 Å². The number of rotatable bonds is 22. The number of nitrogens with two attached hydrogens (primary N) is 6. The van der Waals surface area contributed by atoms with Crippen LogP contribution in [0.2, 0.25) is 0 Å². The number of hydrogen-bond donors (Lipinski definition) is 10. The van der Waals surface area contributed by atoms with Gasteiger partial charge in [0.25, 0.3) is 0 Å². The van der Waals surface area contributed by atoms with E-state index in [-0.39, 0.29) is 0 Å². The van der Waals surface area contributed by atoms with Crippen molar-refractivity contribution in [1.82, 2.24) is 31.1 Å². The molecule has 0 radical (unpaired) electrons.